The third-order valence-corrected chi connectivity index (χ3v) is 5.00. The molecular weight excluding hydrogens is 354 g/mol. The van der Waals surface area contributed by atoms with Crippen molar-refractivity contribution in [2.24, 2.45) is 0 Å². The normalized spacial score (nSPS) is 18.7. The van der Waals surface area contributed by atoms with Crippen molar-refractivity contribution >= 4 is 35.2 Å². The number of anilines is 2. The molecule has 4 rings (SSSR count). The van der Waals surface area contributed by atoms with Crippen LogP contribution in [0.15, 0.2) is 42.7 Å². The molecule has 8 heteroatoms. The van der Waals surface area contributed by atoms with Crippen LogP contribution in [0.1, 0.15) is 12.8 Å². The Kier molecular flexibility index (Phi) is 4.46. The second-order valence-corrected chi connectivity index (χ2v) is 6.83. The van der Waals surface area contributed by atoms with Gasteiger partial charge in [0.1, 0.15) is 6.54 Å². The van der Waals surface area contributed by atoms with Crippen molar-refractivity contribution in [1.29, 1.82) is 0 Å². The number of urea groups is 1. The summed E-state index contributed by atoms with van der Waals surface area (Å²) < 4.78 is 0. The molecule has 0 unspecified atom stereocenters. The Morgan fingerprint density at radius 2 is 1.65 bits per heavy atom. The Bertz CT molecular complexity index is 806. The lowest BCUT2D eigenvalue weighted by atomic mass is 10.0. The molecule has 0 atom stereocenters. The average Bonchev–Trinajstić information content (AvgIpc) is 2.97. The molecule has 0 spiro atoms. The standard InChI is InChI=1S/C18H18ClN5O2/c19-13-10-20-17(21-11-13)22-8-6-14(7-9-22)23-12-16(25)24(18(23)26)15-4-2-1-3-5-15/h1-5,10-11,14H,6-9,12H2. The number of para-hydroxylation sites is 1. The maximum Gasteiger partial charge on any atom is 0.332 e. The molecule has 134 valence electrons. The van der Waals surface area contributed by atoms with Crippen molar-refractivity contribution in [2.75, 3.05) is 29.4 Å². The highest BCUT2D eigenvalue weighted by Crippen LogP contribution is 2.27. The van der Waals surface area contributed by atoms with Crippen molar-refractivity contribution in [3.63, 3.8) is 0 Å². The Morgan fingerprint density at radius 3 is 2.31 bits per heavy atom. The topological polar surface area (TPSA) is 69.6 Å². The van der Waals surface area contributed by atoms with Gasteiger partial charge in [0.05, 0.1) is 23.1 Å². The van der Waals surface area contributed by atoms with Gasteiger partial charge in [-0.1, -0.05) is 29.8 Å². The summed E-state index contributed by atoms with van der Waals surface area (Å²) >= 11 is 5.83. The van der Waals surface area contributed by atoms with Gasteiger partial charge in [-0.05, 0) is 25.0 Å². The number of nitrogens with zero attached hydrogens (tertiary/aromatic N) is 5. The van der Waals surface area contributed by atoms with Crippen LogP contribution in [0.2, 0.25) is 5.02 Å². The Morgan fingerprint density at radius 1 is 1.00 bits per heavy atom. The molecule has 3 amide bonds. The van der Waals surface area contributed by atoms with Crippen LogP contribution in [0.5, 0.6) is 0 Å². The lowest BCUT2D eigenvalue weighted by Crippen LogP contribution is -2.47. The lowest BCUT2D eigenvalue weighted by Gasteiger charge is -2.36. The summed E-state index contributed by atoms with van der Waals surface area (Å²) in [7, 11) is 0. The maximum atomic E-state index is 12.8. The molecule has 2 aromatic rings. The quantitative estimate of drug-likeness (QED) is 0.775. The van der Waals surface area contributed by atoms with Gasteiger partial charge in [-0.2, -0.15) is 0 Å². The first-order valence-corrected chi connectivity index (χ1v) is 8.92. The molecule has 1 aromatic heterocycles. The first-order chi connectivity index (χ1) is 12.6. The summed E-state index contributed by atoms with van der Waals surface area (Å²) in [5.74, 6) is 0.465. The molecule has 1 aromatic carbocycles. The predicted octanol–water partition coefficient (Wildman–Crippen LogP) is 2.57. The fraction of sp³-hybridized carbons (Fsp3) is 0.333. The molecule has 0 radical (unpaired) electrons. The minimum atomic E-state index is -0.234. The van der Waals surface area contributed by atoms with Gasteiger partial charge in [0, 0.05) is 19.1 Å². The second-order valence-electron chi connectivity index (χ2n) is 6.39. The number of imide groups is 1. The Labute approximate surface area is 156 Å². The molecule has 7 nitrogen and oxygen atoms in total. The summed E-state index contributed by atoms with van der Waals surface area (Å²) in [5.41, 5.74) is 0.622. The molecule has 0 N–H and O–H groups in total. The number of hydrogen-bond acceptors (Lipinski definition) is 5. The summed E-state index contributed by atoms with van der Waals surface area (Å²) in [5, 5.41) is 0.505. The predicted molar refractivity (Wildman–Crippen MR) is 98.3 cm³/mol. The second kappa shape index (κ2) is 6.92. The fourth-order valence-corrected chi connectivity index (χ4v) is 3.58. The van der Waals surface area contributed by atoms with E-state index in [-0.39, 0.29) is 24.5 Å². The van der Waals surface area contributed by atoms with Crippen LogP contribution in [-0.4, -0.2) is 52.5 Å². The number of aromatic nitrogens is 2. The van der Waals surface area contributed by atoms with Gasteiger partial charge < -0.3 is 9.80 Å². The zero-order valence-electron chi connectivity index (χ0n) is 14.1. The number of carbonyl (C=O) groups is 2. The number of halogens is 1. The van der Waals surface area contributed by atoms with E-state index >= 15 is 0 Å². The molecular formula is C18H18ClN5O2. The fourth-order valence-electron chi connectivity index (χ4n) is 3.48. The van der Waals surface area contributed by atoms with Gasteiger partial charge in [0.15, 0.2) is 0 Å². The molecule has 0 aliphatic carbocycles. The molecule has 2 saturated heterocycles. The van der Waals surface area contributed by atoms with Crippen LogP contribution in [0.4, 0.5) is 16.4 Å². The number of rotatable bonds is 3. The highest BCUT2D eigenvalue weighted by atomic mass is 35.5. The van der Waals surface area contributed by atoms with Crippen LogP contribution in [0, 0.1) is 0 Å². The molecule has 2 aliphatic heterocycles. The van der Waals surface area contributed by atoms with Crippen LogP contribution < -0.4 is 9.80 Å². The molecule has 26 heavy (non-hydrogen) atoms. The van der Waals surface area contributed by atoms with Crippen LogP contribution >= 0.6 is 11.6 Å². The van der Waals surface area contributed by atoms with Crippen molar-refractivity contribution < 1.29 is 9.59 Å². The van der Waals surface area contributed by atoms with Crippen molar-refractivity contribution in [2.45, 2.75) is 18.9 Å². The average molecular weight is 372 g/mol. The monoisotopic (exact) mass is 371 g/mol. The van der Waals surface area contributed by atoms with Gasteiger partial charge >= 0.3 is 6.03 Å². The van der Waals surface area contributed by atoms with Crippen molar-refractivity contribution in [3.05, 3.63) is 47.7 Å². The van der Waals surface area contributed by atoms with Gasteiger partial charge in [0.2, 0.25) is 5.95 Å². The minimum absolute atomic E-state index is 0.0451. The number of amides is 3. The molecule has 3 heterocycles. The SMILES string of the molecule is O=C1CN(C2CCN(c3ncc(Cl)cn3)CC2)C(=O)N1c1ccccc1. The number of carbonyl (C=O) groups excluding carboxylic acids is 2. The first-order valence-electron chi connectivity index (χ1n) is 8.54. The highest BCUT2D eigenvalue weighted by Gasteiger charge is 2.41. The number of piperidine rings is 1. The van der Waals surface area contributed by atoms with E-state index in [9.17, 15) is 9.59 Å². The minimum Gasteiger partial charge on any atom is -0.341 e. The van der Waals surface area contributed by atoms with Crippen molar-refractivity contribution in [1.82, 2.24) is 14.9 Å². The number of hydrogen-bond donors (Lipinski definition) is 0. The van der Waals surface area contributed by atoms with E-state index in [1.54, 1.807) is 29.4 Å². The summed E-state index contributed by atoms with van der Waals surface area (Å²) in [6.45, 7) is 1.60. The zero-order chi connectivity index (χ0) is 18.1. The third kappa shape index (κ3) is 3.10. The maximum absolute atomic E-state index is 12.8. The van der Waals surface area contributed by atoms with Crippen molar-refractivity contribution in [3.8, 4) is 0 Å². The zero-order valence-corrected chi connectivity index (χ0v) is 14.8. The molecule has 0 bridgehead atoms. The van der Waals surface area contributed by atoms with E-state index in [2.05, 4.69) is 14.9 Å². The van der Waals surface area contributed by atoms with Gasteiger partial charge in [-0.15, -0.1) is 0 Å². The van der Waals surface area contributed by atoms with Gasteiger partial charge in [0.25, 0.3) is 5.91 Å². The van der Waals surface area contributed by atoms with Crippen LogP contribution in [0.25, 0.3) is 0 Å². The summed E-state index contributed by atoms with van der Waals surface area (Å²) in [4.78, 5) is 38.7. The lowest BCUT2D eigenvalue weighted by molar-refractivity contribution is -0.116. The van der Waals surface area contributed by atoms with E-state index in [0.717, 1.165) is 25.9 Å². The van der Waals surface area contributed by atoms with E-state index in [4.69, 9.17) is 11.6 Å². The number of benzene rings is 1. The molecule has 2 aliphatic rings. The summed E-state index contributed by atoms with van der Waals surface area (Å²) in [6, 6.07) is 8.87. The van der Waals surface area contributed by atoms with E-state index in [0.29, 0.717) is 16.7 Å². The van der Waals surface area contributed by atoms with Crippen LogP contribution in [0.3, 0.4) is 0 Å². The smallest absolute Gasteiger partial charge is 0.332 e. The largest absolute Gasteiger partial charge is 0.341 e. The third-order valence-electron chi connectivity index (χ3n) is 4.80. The molecule has 0 saturated carbocycles. The first kappa shape index (κ1) is 16.8. The molecule has 2 fully saturated rings. The Balaban J connectivity index is 1.42. The van der Waals surface area contributed by atoms with Crippen LogP contribution in [-0.2, 0) is 4.79 Å². The van der Waals surface area contributed by atoms with E-state index < -0.39 is 0 Å². The Hall–Kier alpha value is -2.67. The van der Waals surface area contributed by atoms with Gasteiger partial charge in [-0.3, -0.25) is 4.79 Å². The highest BCUT2D eigenvalue weighted by molar-refractivity contribution is 6.30. The van der Waals surface area contributed by atoms with E-state index in [1.165, 1.54) is 4.90 Å². The van der Waals surface area contributed by atoms with Gasteiger partial charge in [-0.25, -0.2) is 19.7 Å². The summed E-state index contributed by atoms with van der Waals surface area (Å²) in [6.07, 6.45) is 4.70. The van der Waals surface area contributed by atoms with E-state index in [1.807, 2.05) is 18.2 Å².